The van der Waals surface area contributed by atoms with Crippen molar-refractivity contribution in [2.24, 2.45) is 0 Å². The van der Waals surface area contributed by atoms with Gasteiger partial charge in [-0.05, 0) is 32.4 Å². The molecule has 0 aliphatic carbocycles. The predicted molar refractivity (Wildman–Crippen MR) is 106 cm³/mol. The molecule has 2 aromatic rings. The standard InChI is InChI=1S/C20H25N5O3/c1-13(2)24-18-11-16(22-12-23-18)14-4-3-5-15(10-14)20(28)25-8-7-21-19(27)17(25)6-9-26/h3-5,10-13,17,26H,6-9H2,1-2H3,(H,21,27)(H,22,23,24)/t17-/m1/s1. The number of aromatic nitrogens is 2. The lowest BCUT2D eigenvalue weighted by molar-refractivity contribution is -0.128. The zero-order chi connectivity index (χ0) is 20.1. The topological polar surface area (TPSA) is 107 Å². The third-order valence-corrected chi connectivity index (χ3v) is 4.50. The van der Waals surface area contributed by atoms with Gasteiger partial charge in [-0.2, -0.15) is 0 Å². The molecule has 1 fully saturated rings. The first-order valence-electron chi connectivity index (χ1n) is 9.38. The maximum absolute atomic E-state index is 13.0. The SMILES string of the molecule is CC(C)Nc1cc(-c2cccc(C(=O)N3CCNC(=O)[C@H]3CCO)c2)ncn1. The average molecular weight is 383 g/mol. The van der Waals surface area contributed by atoms with Gasteiger partial charge in [-0.25, -0.2) is 9.97 Å². The lowest BCUT2D eigenvalue weighted by Gasteiger charge is -2.34. The second kappa shape index (κ2) is 8.79. The van der Waals surface area contributed by atoms with Crippen LogP contribution in [0.25, 0.3) is 11.3 Å². The molecule has 1 aliphatic heterocycles. The molecule has 8 nitrogen and oxygen atoms in total. The van der Waals surface area contributed by atoms with Gasteiger partial charge < -0.3 is 20.6 Å². The Kier molecular flexibility index (Phi) is 6.20. The number of rotatable bonds is 6. The number of nitrogens with zero attached hydrogens (tertiary/aromatic N) is 3. The van der Waals surface area contributed by atoms with Crippen LogP contribution in [0, 0.1) is 0 Å². The molecular formula is C20H25N5O3. The van der Waals surface area contributed by atoms with Crippen LogP contribution in [0.2, 0.25) is 0 Å². The van der Waals surface area contributed by atoms with Crippen molar-refractivity contribution in [2.75, 3.05) is 25.0 Å². The van der Waals surface area contributed by atoms with E-state index in [2.05, 4.69) is 20.6 Å². The number of anilines is 1. The Labute approximate surface area is 164 Å². The summed E-state index contributed by atoms with van der Waals surface area (Å²) in [6.07, 6.45) is 1.70. The predicted octanol–water partition coefficient (Wildman–Crippen LogP) is 1.29. The second-order valence-corrected chi connectivity index (χ2v) is 6.99. The Bertz CT molecular complexity index is 855. The van der Waals surface area contributed by atoms with Gasteiger partial charge in [0.2, 0.25) is 5.91 Å². The fraction of sp³-hybridized carbons (Fsp3) is 0.400. The molecule has 148 valence electrons. The molecule has 1 aliphatic rings. The summed E-state index contributed by atoms with van der Waals surface area (Å²) in [6, 6.07) is 8.60. The van der Waals surface area contributed by atoms with Gasteiger partial charge in [0.15, 0.2) is 0 Å². The van der Waals surface area contributed by atoms with Crippen molar-refractivity contribution >= 4 is 17.6 Å². The first kappa shape index (κ1) is 19.8. The second-order valence-electron chi connectivity index (χ2n) is 6.99. The van der Waals surface area contributed by atoms with Gasteiger partial charge in [0.05, 0.1) is 5.69 Å². The lowest BCUT2D eigenvalue weighted by atomic mass is 10.0. The molecule has 1 atom stereocenters. The molecule has 8 heteroatoms. The minimum absolute atomic E-state index is 0.158. The molecule has 0 bridgehead atoms. The molecule has 0 radical (unpaired) electrons. The van der Waals surface area contributed by atoms with Crippen LogP contribution in [-0.2, 0) is 4.79 Å². The van der Waals surface area contributed by atoms with E-state index in [1.54, 1.807) is 18.2 Å². The Morgan fingerprint density at radius 2 is 2.18 bits per heavy atom. The van der Waals surface area contributed by atoms with Crippen molar-refractivity contribution in [3.05, 3.63) is 42.2 Å². The molecule has 0 spiro atoms. The third-order valence-electron chi connectivity index (χ3n) is 4.50. The van der Waals surface area contributed by atoms with Crippen LogP contribution in [-0.4, -0.2) is 63.6 Å². The zero-order valence-electron chi connectivity index (χ0n) is 16.1. The molecule has 0 saturated carbocycles. The number of amides is 2. The highest BCUT2D eigenvalue weighted by molar-refractivity contribution is 5.99. The summed E-state index contributed by atoms with van der Waals surface area (Å²) in [5.74, 6) is 0.252. The van der Waals surface area contributed by atoms with E-state index in [0.717, 1.165) is 5.56 Å². The van der Waals surface area contributed by atoms with Gasteiger partial charge >= 0.3 is 0 Å². The van der Waals surface area contributed by atoms with Crippen molar-refractivity contribution in [1.82, 2.24) is 20.2 Å². The normalized spacial score (nSPS) is 16.8. The summed E-state index contributed by atoms with van der Waals surface area (Å²) in [5.41, 5.74) is 1.98. The maximum Gasteiger partial charge on any atom is 0.254 e. The van der Waals surface area contributed by atoms with Crippen LogP contribution in [0.4, 0.5) is 5.82 Å². The summed E-state index contributed by atoms with van der Waals surface area (Å²) >= 11 is 0. The van der Waals surface area contributed by atoms with E-state index >= 15 is 0 Å². The number of hydrogen-bond donors (Lipinski definition) is 3. The third kappa shape index (κ3) is 4.45. The summed E-state index contributed by atoms with van der Waals surface area (Å²) < 4.78 is 0. The number of aliphatic hydroxyl groups excluding tert-OH is 1. The summed E-state index contributed by atoms with van der Waals surface area (Å²) in [6.45, 7) is 4.71. The number of benzene rings is 1. The summed E-state index contributed by atoms with van der Waals surface area (Å²) in [5, 5.41) is 15.2. The molecule has 3 rings (SSSR count). The smallest absolute Gasteiger partial charge is 0.254 e. The molecule has 1 aromatic carbocycles. The lowest BCUT2D eigenvalue weighted by Crippen LogP contribution is -2.57. The number of aliphatic hydroxyl groups is 1. The Balaban J connectivity index is 1.86. The summed E-state index contributed by atoms with van der Waals surface area (Å²) in [4.78, 5) is 35.2. The largest absolute Gasteiger partial charge is 0.396 e. The van der Waals surface area contributed by atoms with Crippen LogP contribution in [0.15, 0.2) is 36.7 Å². The van der Waals surface area contributed by atoms with Crippen LogP contribution in [0.5, 0.6) is 0 Å². The monoisotopic (exact) mass is 383 g/mol. The van der Waals surface area contributed by atoms with Crippen molar-refractivity contribution in [3.63, 3.8) is 0 Å². The van der Waals surface area contributed by atoms with Crippen molar-refractivity contribution in [3.8, 4) is 11.3 Å². The van der Waals surface area contributed by atoms with Crippen molar-refractivity contribution < 1.29 is 14.7 Å². The first-order chi connectivity index (χ1) is 13.5. The Morgan fingerprint density at radius 1 is 1.36 bits per heavy atom. The summed E-state index contributed by atoms with van der Waals surface area (Å²) in [7, 11) is 0. The molecule has 2 amide bonds. The van der Waals surface area contributed by atoms with Crippen LogP contribution >= 0.6 is 0 Å². The minimum Gasteiger partial charge on any atom is -0.396 e. The van der Waals surface area contributed by atoms with E-state index in [4.69, 9.17) is 0 Å². The van der Waals surface area contributed by atoms with Gasteiger partial charge in [0, 0.05) is 42.9 Å². The Hall–Kier alpha value is -3.00. The molecular weight excluding hydrogens is 358 g/mol. The highest BCUT2D eigenvalue weighted by Gasteiger charge is 2.33. The van der Waals surface area contributed by atoms with E-state index in [1.165, 1.54) is 11.2 Å². The van der Waals surface area contributed by atoms with E-state index in [9.17, 15) is 14.7 Å². The number of hydrogen-bond acceptors (Lipinski definition) is 6. The molecule has 28 heavy (non-hydrogen) atoms. The minimum atomic E-state index is -0.657. The van der Waals surface area contributed by atoms with Gasteiger partial charge in [0.25, 0.3) is 5.91 Å². The van der Waals surface area contributed by atoms with E-state index < -0.39 is 6.04 Å². The van der Waals surface area contributed by atoms with Crippen molar-refractivity contribution in [2.45, 2.75) is 32.4 Å². The van der Waals surface area contributed by atoms with Gasteiger partial charge in [0.1, 0.15) is 18.2 Å². The molecule has 3 N–H and O–H groups in total. The Morgan fingerprint density at radius 3 is 2.93 bits per heavy atom. The van der Waals surface area contributed by atoms with Gasteiger partial charge in [-0.3, -0.25) is 9.59 Å². The van der Waals surface area contributed by atoms with E-state index in [1.807, 2.05) is 26.0 Å². The zero-order valence-corrected chi connectivity index (χ0v) is 16.1. The molecule has 0 unspecified atom stereocenters. The average Bonchev–Trinajstić information content (AvgIpc) is 2.69. The number of nitrogens with one attached hydrogen (secondary N) is 2. The highest BCUT2D eigenvalue weighted by atomic mass is 16.3. The first-order valence-corrected chi connectivity index (χ1v) is 9.38. The number of piperazine rings is 1. The number of carbonyl (C=O) groups is 2. The quantitative estimate of drug-likeness (QED) is 0.694. The van der Waals surface area contributed by atoms with Crippen LogP contribution < -0.4 is 10.6 Å². The van der Waals surface area contributed by atoms with Crippen LogP contribution in [0.1, 0.15) is 30.6 Å². The van der Waals surface area contributed by atoms with E-state index in [0.29, 0.717) is 30.2 Å². The fourth-order valence-corrected chi connectivity index (χ4v) is 3.23. The number of carbonyl (C=O) groups excluding carboxylic acids is 2. The maximum atomic E-state index is 13.0. The molecule has 2 heterocycles. The van der Waals surface area contributed by atoms with Crippen LogP contribution in [0.3, 0.4) is 0 Å². The highest BCUT2D eigenvalue weighted by Crippen LogP contribution is 2.22. The van der Waals surface area contributed by atoms with Gasteiger partial charge in [-0.1, -0.05) is 12.1 Å². The van der Waals surface area contributed by atoms with E-state index in [-0.39, 0.29) is 30.9 Å². The van der Waals surface area contributed by atoms with Gasteiger partial charge in [-0.15, -0.1) is 0 Å². The molecule has 1 saturated heterocycles. The van der Waals surface area contributed by atoms with Crippen molar-refractivity contribution in [1.29, 1.82) is 0 Å². The fourth-order valence-electron chi connectivity index (χ4n) is 3.23. The molecule has 1 aromatic heterocycles.